The third-order valence-electron chi connectivity index (χ3n) is 5.36. The predicted molar refractivity (Wildman–Crippen MR) is 118 cm³/mol. The van der Waals surface area contributed by atoms with Gasteiger partial charge in [0.05, 0.1) is 13.0 Å². The smallest absolute Gasteiger partial charge is 0.327 e. The quantitative estimate of drug-likeness (QED) is 0.712. The Balaban J connectivity index is 1.83. The lowest BCUT2D eigenvalue weighted by atomic mass is 9.97. The van der Waals surface area contributed by atoms with Crippen molar-refractivity contribution >= 4 is 29.4 Å². The van der Waals surface area contributed by atoms with Gasteiger partial charge >= 0.3 is 6.03 Å². The molecule has 4 amide bonds. The van der Waals surface area contributed by atoms with Gasteiger partial charge in [-0.05, 0) is 35.7 Å². The maximum absolute atomic E-state index is 13.3. The highest BCUT2D eigenvalue weighted by atomic mass is 35.5. The summed E-state index contributed by atoms with van der Waals surface area (Å²) in [4.78, 5) is 43.0. The van der Waals surface area contributed by atoms with Gasteiger partial charge in [0.15, 0.2) is 0 Å². The highest BCUT2D eigenvalue weighted by Gasteiger charge is 2.37. The minimum absolute atomic E-state index is 0.208. The first-order valence-corrected chi connectivity index (χ1v) is 10.3. The van der Waals surface area contributed by atoms with Crippen LogP contribution < -0.4 is 4.74 Å². The summed E-state index contributed by atoms with van der Waals surface area (Å²) in [6, 6.07) is 14.2. The lowest BCUT2D eigenvalue weighted by molar-refractivity contribution is -0.134. The highest BCUT2D eigenvalue weighted by Crippen LogP contribution is 2.27. The number of nitrogens with zero attached hydrogens (tertiary/aromatic N) is 3. The van der Waals surface area contributed by atoms with Crippen LogP contribution in [0.3, 0.4) is 0 Å². The zero-order valence-corrected chi connectivity index (χ0v) is 18.6. The van der Waals surface area contributed by atoms with E-state index < -0.39 is 11.9 Å². The van der Waals surface area contributed by atoms with Crippen molar-refractivity contribution in [2.75, 3.05) is 34.3 Å². The van der Waals surface area contributed by atoms with E-state index in [1.165, 1.54) is 9.80 Å². The summed E-state index contributed by atoms with van der Waals surface area (Å²) >= 11 is 6.13. The van der Waals surface area contributed by atoms with Crippen LogP contribution in [0.15, 0.2) is 48.5 Å². The Morgan fingerprint density at radius 2 is 1.90 bits per heavy atom. The molecule has 8 heteroatoms. The molecule has 0 aromatic heterocycles. The number of carbonyl (C=O) groups excluding carboxylic acids is 3. The number of likely N-dealkylation sites (N-methyl/N-ethyl adjacent to an activating group) is 1. The summed E-state index contributed by atoms with van der Waals surface area (Å²) in [5, 5.41) is 0.525. The fourth-order valence-corrected chi connectivity index (χ4v) is 3.88. The van der Waals surface area contributed by atoms with Gasteiger partial charge in [0, 0.05) is 32.2 Å². The SMILES string of the molecule is COc1ccc(Cl)cc1CC1CN(C)C(=O)CN(C(=O)N(C)Cc2ccccc2)C1=O. The van der Waals surface area contributed by atoms with E-state index in [0.717, 1.165) is 16.0 Å². The molecule has 0 saturated carbocycles. The van der Waals surface area contributed by atoms with Crippen molar-refractivity contribution in [3.63, 3.8) is 0 Å². The molecular weight excluding hydrogens is 418 g/mol. The number of hydrogen-bond donors (Lipinski definition) is 0. The molecule has 1 fully saturated rings. The molecule has 0 bridgehead atoms. The standard InChI is InChI=1S/C23H26ClN3O4/c1-25-14-18(11-17-12-19(24)9-10-20(17)31-3)22(29)27(15-21(25)28)23(30)26(2)13-16-7-5-4-6-8-16/h4-10,12,18H,11,13-15H2,1-3H3. The van der Waals surface area contributed by atoms with Crippen LogP contribution in [0.5, 0.6) is 5.75 Å². The maximum atomic E-state index is 13.3. The zero-order valence-electron chi connectivity index (χ0n) is 17.9. The lowest BCUT2D eigenvalue weighted by Crippen LogP contribution is -2.48. The van der Waals surface area contributed by atoms with Crippen molar-refractivity contribution < 1.29 is 19.1 Å². The number of amides is 4. The van der Waals surface area contributed by atoms with Crippen molar-refractivity contribution in [2.45, 2.75) is 13.0 Å². The topological polar surface area (TPSA) is 70.2 Å². The summed E-state index contributed by atoms with van der Waals surface area (Å²) in [7, 11) is 4.81. The molecule has 3 rings (SSSR count). The molecule has 1 unspecified atom stereocenters. The first-order chi connectivity index (χ1) is 14.8. The van der Waals surface area contributed by atoms with E-state index in [4.69, 9.17) is 16.3 Å². The summed E-state index contributed by atoms with van der Waals surface area (Å²) in [6.07, 6.45) is 0.298. The van der Waals surface area contributed by atoms with Crippen LogP contribution in [-0.2, 0) is 22.6 Å². The van der Waals surface area contributed by atoms with Crippen molar-refractivity contribution in [3.05, 3.63) is 64.7 Å². The molecule has 0 spiro atoms. The lowest BCUT2D eigenvalue weighted by Gasteiger charge is -2.27. The second-order valence-electron chi connectivity index (χ2n) is 7.68. The van der Waals surface area contributed by atoms with Gasteiger partial charge in [-0.1, -0.05) is 41.9 Å². The predicted octanol–water partition coefficient (Wildman–Crippen LogP) is 3.06. The van der Waals surface area contributed by atoms with Crippen molar-refractivity contribution in [1.29, 1.82) is 0 Å². The van der Waals surface area contributed by atoms with E-state index in [1.807, 2.05) is 30.3 Å². The van der Waals surface area contributed by atoms with Crippen LogP contribution >= 0.6 is 11.6 Å². The van der Waals surface area contributed by atoms with E-state index in [2.05, 4.69) is 0 Å². The molecular formula is C23H26ClN3O4. The van der Waals surface area contributed by atoms with Crippen LogP contribution in [-0.4, -0.2) is 66.8 Å². The fraction of sp³-hybridized carbons (Fsp3) is 0.348. The molecule has 2 aromatic rings. The Morgan fingerprint density at radius 3 is 2.58 bits per heavy atom. The summed E-state index contributed by atoms with van der Waals surface area (Å²) in [5.41, 5.74) is 1.69. The van der Waals surface area contributed by atoms with E-state index >= 15 is 0 Å². The molecule has 1 saturated heterocycles. The molecule has 0 aliphatic carbocycles. The van der Waals surface area contributed by atoms with E-state index in [0.29, 0.717) is 23.7 Å². The average molecular weight is 444 g/mol. The van der Waals surface area contributed by atoms with Gasteiger partial charge in [0.1, 0.15) is 12.3 Å². The molecule has 1 heterocycles. The molecule has 0 N–H and O–H groups in total. The van der Waals surface area contributed by atoms with E-state index in [-0.39, 0.29) is 24.9 Å². The largest absolute Gasteiger partial charge is 0.496 e. The number of rotatable bonds is 5. The Kier molecular flexibility index (Phi) is 7.17. The highest BCUT2D eigenvalue weighted by molar-refractivity contribution is 6.30. The first kappa shape index (κ1) is 22.6. The third kappa shape index (κ3) is 5.35. The minimum atomic E-state index is -0.599. The molecule has 1 atom stereocenters. The Hall–Kier alpha value is -3.06. The number of urea groups is 1. The summed E-state index contributed by atoms with van der Waals surface area (Å²) in [6.45, 7) is 0.260. The summed E-state index contributed by atoms with van der Waals surface area (Å²) < 4.78 is 5.40. The molecule has 7 nitrogen and oxygen atoms in total. The van der Waals surface area contributed by atoms with Crippen LogP contribution in [0.25, 0.3) is 0 Å². The molecule has 1 aliphatic heterocycles. The number of carbonyl (C=O) groups is 3. The first-order valence-electron chi connectivity index (χ1n) is 9.97. The summed E-state index contributed by atoms with van der Waals surface area (Å²) in [5.74, 6) is -0.660. The Labute approximate surface area is 187 Å². The molecule has 2 aromatic carbocycles. The number of halogens is 1. The van der Waals surface area contributed by atoms with Gasteiger partial charge in [-0.2, -0.15) is 0 Å². The van der Waals surface area contributed by atoms with E-state index in [9.17, 15) is 14.4 Å². The normalized spacial score (nSPS) is 16.8. The zero-order chi connectivity index (χ0) is 22.5. The van der Waals surface area contributed by atoms with Crippen LogP contribution in [0.4, 0.5) is 4.79 Å². The monoisotopic (exact) mass is 443 g/mol. The van der Waals surface area contributed by atoms with Gasteiger partial charge < -0.3 is 14.5 Å². The van der Waals surface area contributed by atoms with E-state index in [1.54, 1.807) is 39.4 Å². The number of methoxy groups -OCH3 is 1. The van der Waals surface area contributed by atoms with Crippen molar-refractivity contribution in [2.24, 2.45) is 5.92 Å². The van der Waals surface area contributed by atoms with Crippen LogP contribution in [0, 0.1) is 5.92 Å². The second-order valence-corrected chi connectivity index (χ2v) is 8.12. The van der Waals surface area contributed by atoms with Gasteiger partial charge in [-0.15, -0.1) is 0 Å². The third-order valence-corrected chi connectivity index (χ3v) is 5.59. The molecule has 164 valence electrons. The van der Waals surface area contributed by atoms with Gasteiger partial charge in [-0.3, -0.25) is 14.5 Å². The molecule has 31 heavy (non-hydrogen) atoms. The number of ether oxygens (including phenoxy) is 1. The van der Waals surface area contributed by atoms with Crippen LogP contribution in [0.2, 0.25) is 5.02 Å². The van der Waals surface area contributed by atoms with Crippen molar-refractivity contribution in [3.8, 4) is 5.75 Å². The number of hydrogen-bond acceptors (Lipinski definition) is 4. The van der Waals surface area contributed by atoms with Gasteiger partial charge in [0.25, 0.3) is 0 Å². The fourth-order valence-electron chi connectivity index (χ4n) is 3.68. The Morgan fingerprint density at radius 1 is 1.19 bits per heavy atom. The Bertz CT molecular complexity index is 967. The van der Waals surface area contributed by atoms with Gasteiger partial charge in [0.2, 0.25) is 11.8 Å². The minimum Gasteiger partial charge on any atom is -0.496 e. The van der Waals surface area contributed by atoms with Gasteiger partial charge in [-0.25, -0.2) is 4.79 Å². The van der Waals surface area contributed by atoms with Crippen molar-refractivity contribution in [1.82, 2.24) is 14.7 Å². The van der Waals surface area contributed by atoms with Crippen LogP contribution in [0.1, 0.15) is 11.1 Å². The maximum Gasteiger partial charge on any atom is 0.327 e. The number of benzene rings is 2. The molecule has 0 radical (unpaired) electrons. The molecule has 1 aliphatic rings. The number of imide groups is 1. The second kappa shape index (κ2) is 9.83. The average Bonchev–Trinajstić information content (AvgIpc) is 2.86.